The molecule has 0 aliphatic heterocycles. The van der Waals surface area contributed by atoms with Crippen LogP contribution in [0.25, 0.3) is 0 Å². The van der Waals surface area contributed by atoms with E-state index in [4.69, 9.17) is 5.73 Å². The molecule has 1 atom stereocenters. The summed E-state index contributed by atoms with van der Waals surface area (Å²) in [6.07, 6.45) is -3.56. The highest BCUT2D eigenvalue weighted by molar-refractivity contribution is 5.39. The van der Waals surface area contributed by atoms with Gasteiger partial charge >= 0.3 is 6.18 Å². The minimum absolute atomic E-state index is 0.423. The van der Waals surface area contributed by atoms with Crippen LogP contribution in [0.4, 0.5) is 13.2 Å². The summed E-state index contributed by atoms with van der Waals surface area (Å²) in [5.41, 5.74) is 8.74. The molecule has 0 aliphatic carbocycles. The fourth-order valence-electron chi connectivity index (χ4n) is 2.03. The molecule has 0 bridgehead atoms. The second kappa shape index (κ2) is 5.25. The molecular formula is C15H15F3N2. The first-order valence-corrected chi connectivity index (χ1v) is 6.15. The molecule has 2 N–H and O–H groups in total. The first-order chi connectivity index (χ1) is 9.30. The number of aromatic nitrogens is 1. The molecule has 1 aromatic carbocycles. The molecule has 5 heteroatoms. The molecule has 20 heavy (non-hydrogen) atoms. The summed E-state index contributed by atoms with van der Waals surface area (Å²) in [6.45, 7) is 3.90. The molecule has 2 rings (SSSR count). The van der Waals surface area contributed by atoms with Crippen LogP contribution >= 0.6 is 0 Å². The molecule has 0 fully saturated rings. The van der Waals surface area contributed by atoms with Crippen molar-refractivity contribution in [1.29, 1.82) is 0 Å². The molecule has 0 saturated heterocycles. The molecule has 0 saturated carbocycles. The number of benzene rings is 1. The molecule has 2 nitrogen and oxygen atoms in total. The molecule has 1 aromatic heterocycles. The van der Waals surface area contributed by atoms with Crippen LogP contribution < -0.4 is 5.73 Å². The summed E-state index contributed by atoms with van der Waals surface area (Å²) in [5.74, 6) is 0. The molecule has 1 unspecified atom stereocenters. The van der Waals surface area contributed by atoms with Crippen LogP contribution in [0.15, 0.2) is 36.5 Å². The summed E-state index contributed by atoms with van der Waals surface area (Å²) in [5, 5.41) is 0. The summed E-state index contributed by atoms with van der Waals surface area (Å²) >= 11 is 0. The fourth-order valence-corrected chi connectivity index (χ4v) is 2.03. The Morgan fingerprint density at radius 3 is 2.35 bits per heavy atom. The van der Waals surface area contributed by atoms with Gasteiger partial charge in [0.2, 0.25) is 0 Å². The van der Waals surface area contributed by atoms with Crippen molar-refractivity contribution >= 4 is 0 Å². The fraction of sp³-hybridized carbons (Fsp3) is 0.267. The number of alkyl halides is 3. The Kier molecular flexibility index (Phi) is 3.81. The van der Waals surface area contributed by atoms with Crippen molar-refractivity contribution in [2.24, 2.45) is 5.73 Å². The van der Waals surface area contributed by atoms with E-state index in [2.05, 4.69) is 4.98 Å². The Labute approximate surface area is 115 Å². The van der Waals surface area contributed by atoms with Gasteiger partial charge in [0.05, 0.1) is 17.3 Å². The van der Waals surface area contributed by atoms with Crippen molar-refractivity contribution in [3.63, 3.8) is 0 Å². The first-order valence-electron chi connectivity index (χ1n) is 6.15. The van der Waals surface area contributed by atoms with E-state index in [1.165, 1.54) is 6.07 Å². The smallest absolute Gasteiger partial charge is 0.319 e. The van der Waals surface area contributed by atoms with Gasteiger partial charge < -0.3 is 5.73 Å². The van der Waals surface area contributed by atoms with Crippen molar-refractivity contribution in [3.8, 4) is 0 Å². The van der Waals surface area contributed by atoms with Gasteiger partial charge in [-0.1, -0.05) is 18.2 Å². The molecule has 0 aliphatic rings. The number of nitrogens with zero attached hydrogens (tertiary/aromatic N) is 1. The van der Waals surface area contributed by atoms with Gasteiger partial charge in [0.15, 0.2) is 0 Å². The van der Waals surface area contributed by atoms with Crippen LogP contribution in [0.3, 0.4) is 0 Å². The van der Waals surface area contributed by atoms with Gasteiger partial charge in [-0.15, -0.1) is 0 Å². The molecular weight excluding hydrogens is 265 g/mol. The second-order valence-corrected chi connectivity index (χ2v) is 4.74. The average Bonchev–Trinajstić information content (AvgIpc) is 2.40. The van der Waals surface area contributed by atoms with E-state index >= 15 is 0 Å². The quantitative estimate of drug-likeness (QED) is 0.909. The molecule has 0 spiro atoms. The van der Waals surface area contributed by atoms with Crippen LogP contribution in [0.2, 0.25) is 0 Å². The van der Waals surface area contributed by atoms with Crippen molar-refractivity contribution in [3.05, 3.63) is 64.5 Å². The maximum atomic E-state index is 12.5. The average molecular weight is 280 g/mol. The minimum Gasteiger partial charge on any atom is -0.319 e. The van der Waals surface area contributed by atoms with Gasteiger partial charge in [-0.05, 0) is 42.7 Å². The number of halogens is 3. The van der Waals surface area contributed by atoms with Gasteiger partial charge in [-0.3, -0.25) is 4.98 Å². The van der Waals surface area contributed by atoms with E-state index in [-0.39, 0.29) is 0 Å². The lowest BCUT2D eigenvalue weighted by Crippen LogP contribution is -2.16. The standard InChI is InChI=1S/C15H15F3N2/c1-9-4-3-5-12(10(9)2)14(19)13-7-6-11(8-20-13)15(16,17)18/h3-8,14H,19H2,1-2H3. The minimum atomic E-state index is -4.38. The second-order valence-electron chi connectivity index (χ2n) is 4.74. The van der Waals surface area contributed by atoms with Crippen LogP contribution in [0.1, 0.15) is 34.0 Å². The van der Waals surface area contributed by atoms with Crippen molar-refractivity contribution in [1.82, 2.24) is 4.98 Å². The number of hydrogen-bond acceptors (Lipinski definition) is 2. The third kappa shape index (κ3) is 2.82. The van der Waals surface area contributed by atoms with Crippen molar-refractivity contribution in [2.45, 2.75) is 26.1 Å². The van der Waals surface area contributed by atoms with E-state index in [0.29, 0.717) is 5.69 Å². The number of pyridine rings is 1. The zero-order valence-corrected chi connectivity index (χ0v) is 11.2. The van der Waals surface area contributed by atoms with E-state index in [0.717, 1.165) is 29.0 Å². The van der Waals surface area contributed by atoms with Crippen molar-refractivity contribution in [2.75, 3.05) is 0 Å². The topological polar surface area (TPSA) is 38.9 Å². The van der Waals surface area contributed by atoms with Crippen LogP contribution in [-0.4, -0.2) is 4.98 Å². The zero-order valence-electron chi connectivity index (χ0n) is 11.2. The summed E-state index contributed by atoms with van der Waals surface area (Å²) < 4.78 is 37.5. The van der Waals surface area contributed by atoms with E-state index in [1.54, 1.807) is 0 Å². The Morgan fingerprint density at radius 2 is 1.80 bits per heavy atom. The number of aryl methyl sites for hydroxylation is 1. The molecule has 0 amide bonds. The van der Waals surface area contributed by atoms with Gasteiger partial charge in [0.1, 0.15) is 0 Å². The Bertz CT molecular complexity index is 604. The van der Waals surface area contributed by atoms with Gasteiger partial charge in [0.25, 0.3) is 0 Å². The molecule has 106 valence electrons. The van der Waals surface area contributed by atoms with Crippen LogP contribution in [0, 0.1) is 13.8 Å². The number of rotatable bonds is 2. The monoisotopic (exact) mass is 280 g/mol. The SMILES string of the molecule is Cc1cccc(C(N)c2ccc(C(F)(F)F)cn2)c1C. The highest BCUT2D eigenvalue weighted by Crippen LogP contribution is 2.30. The van der Waals surface area contributed by atoms with Gasteiger partial charge in [0, 0.05) is 6.20 Å². The molecule has 2 aromatic rings. The lowest BCUT2D eigenvalue weighted by molar-refractivity contribution is -0.137. The Morgan fingerprint density at radius 1 is 1.10 bits per heavy atom. The zero-order chi connectivity index (χ0) is 14.9. The summed E-state index contributed by atoms with van der Waals surface area (Å²) in [7, 11) is 0. The summed E-state index contributed by atoms with van der Waals surface area (Å²) in [6, 6.07) is 7.51. The summed E-state index contributed by atoms with van der Waals surface area (Å²) in [4.78, 5) is 3.85. The van der Waals surface area contributed by atoms with Gasteiger partial charge in [-0.2, -0.15) is 13.2 Å². The predicted octanol–water partition coefficient (Wildman–Crippen LogP) is 3.77. The van der Waals surface area contributed by atoms with E-state index in [9.17, 15) is 13.2 Å². The third-order valence-corrected chi connectivity index (χ3v) is 3.41. The number of hydrogen-bond donors (Lipinski definition) is 1. The first kappa shape index (κ1) is 14.5. The van der Waals surface area contributed by atoms with Crippen LogP contribution in [-0.2, 0) is 6.18 Å². The highest BCUT2D eigenvalue weighted by Gasteiger charge is 2.30. The lowest BCUT2D eigenvalue weighted by atomic mass is 9.96. The Balaban J connectivity index is 2.34. The third-order valence-electron chi connectivity index (χ3n) is 3.41. The molecule has 1 heterocycles. The lowest BCUT2D eigenvalue weighted by Gasteiger charge is -2.16. The number of nitrogens with two attached hydrogens (primary N) is 1. The largest absolute Gasteiger partial charge is 0.417 e. The highest BCUT2D eigenvalue weighted by atomic mass is 19.4. The maximum Gasteiger partial charge on any atom is 0.417 e. The van der Waals surface area contributed by atoms with Crippen molar-refractivity contribution < 1.29 is 13.2 Å². The normalized spacial score (nSPS) is 13.3. The van der Waals surface area contributed by atoms with E-state index in [1.807, 2.05) is 32.0 Å². The molecule has 0 radical (unpaired) electrons. The van der Waals surface area contributed by atoms with Gasteiger partial charge in [-0.25, -0.2) is 0 Å². The Hall–Kier alpha value is -1.88. The van der Waals surface area contributed by atoms with Crippen LogP contribution in [0.5, 0.6) is 0 Å². The maximum absolute atomic E-state index is 12.5. The van der Waals surface area contributed by atoms with E-state index < -0.39 is 17.8 Å². The predicted molar refractivity (Wildman–Crippen MR) is 71.2 cm³/mol.